The lowest BCUT2D eigenvalue weighted by molar-refractivity contribution is 0.0725. The summed E-state index contributed by atoms with van der Waals surface area (Å²) in [6.45, 7) is 4.60. The fraction of sp³-hybridized carbons (Fsp3) is 0.391. The van der Waals surface area contributed by atoms with E-state index < -0.39 is 5.97 Å². The molecule has 0 unspecified atom stereocenters. The molecule has 0 aliphatic rings. The summed E-state index contributed by atoms with van der Waals surface area (Å²) in [5.74, 6) is 0.250. The fourth-order valence-corrected chi connectivity index (χ4v) is 3.19. The number of methoxy groups -OCH3 is 1. The van der Waals surface area contributed by atoms with Crippen molar-refractivity contribution in [2.45, 2.75) is 26.7 Å². The molecule has 162 valence electrons. The molecule has 2 aromatic carbocycles. The Hall–Kier alpha value is -2.13. The molecular weight excluding hydrogens is 499 g/mol. The maximum Gasteiger partial charge on any atom is 0.347 e. The van der Waals surface area contributed by atoms with Gasteiger partial charge in [0.2, 0.25) is 0 Å². The van der Waals surface area contributed by atoms with Gasteiger partial charge in [-0.25, -0.2) is 4.79 Å². The standard InChI is InChI=1S/C23H27IO6/c1-4-5-12-29-20-14-18(19(25)15-28-13-11-24)22(27-3)16(2)21(20)23(26)30-17-9-7-6-8-10-17/h6-10,14H,4-5,11-13,15H2,1-3H3. The Balaban J connectivity index is 2.44. The van der Waals surface area contributed by atoms with Crippen molar-refractivity contribution in [2.24, 2.45) is 0 Å². The van der Waals surface area contributed by atoms with E-state index in [1.54, 1.807) is 37.3 Å². The van der Waals surface area contributed by atoms with E-state index in [1.165, 1.54) is 7.11 Å². The number of carbonyl (C=O) groups is 2. The van der Waals surface area contributed by atoms with E-state index >= 15 is 0 Å². The van der Waals surface area contributed by atoms with Crippen LogP contribution >= 0.6 is 22.6 Å². The molecule has 0 amide bonds. The van der Waals surface area contributed by atoms with Crippen molar-refractivity contribution < 1.29 is 28.5 Å². The molecular formula is C23H27IO6. The van der Waals surface area contributed by atoms with E-state index in [-0.39, 0.29) is 18.0 Å². The van der Waals surface area contributed by atoms with Crippen LogP contribution < -0.4 is 14.2 Å². The average molecular weight is 526 g/mol. The molecule has 0 atom stereocenters. The number of rotatable bonds is 12. The first kappa shape index (κ1) is 24.1. The van der Waals surface area contributed by atoms with E-state index in [1.807, 2.05) is 13.0 Å². The smallest absolute Gasteiger partial charge is 0.347 e. The topological polar surface area (TPSA) is 71.1 Å². The van der Waals surface area contributed by atoms with Gasteiger partial charge in [-0.05, 0) is 31.5 Å². The normalized spacial score (nSPS) is 10.5. The third-order valence-electron chi connectivity index (χ3n) is 4.35. The summed E-state index contributed by atoms with van der Waals surface area (Å²) < 4.78 is 23.1. The van der Waals surface area contributed by atoms with Crippen LogP contribution in [0.5, 0.6) is 17.2 Å². The van der Waals surface area contributed by atoms with E-state index in [0.717, 1.165) is 17.3 Å². The molecule has 0 N–H and O–H groups in total. The van der Waals surface area contributed by atoms with Gasteiger partial charge in [-0.1, -0.05) is 54.1 Å². The van der Waals surface area contributed by atoms with Gasteiger partial charge in [0.15, 0.2) is 5.78 Å². The van der Waals surface area contributed by atoms with Crippen LogP contribution in [0.3, 0.4) is 0 Å². The molecule has 0 bridgehead atoms. The number of ether oxygens (including phenoxy) is 4. The summed E-state index contributed by atoms with van der Waals surface area (Å²) in [5, 5.41) is 0. The van der Waals surface area contributed by atoms with Crippen LogP contribution in [0.15, 0.2) is 36.4 Å². The third kappa shape index (κ3) is 6.43. The largest absolute Gasteiger partial charge is 0.496 e. The van der Waals surface area contributed by atoms with Crippen molar-refractivity contribution >= 4 is 34.3 Å². The number of Topliss-reactive ketones (excluding diaryl/α,β-unsaturated/α-hetero) is 1. The molecule has 0 aromatic heterocycles. The van der Waals surface area contributed by atoms with Crippen LogP contribution in [0.1, 0.15) is 46.0 Å². The Bertz CT molecular complexity index is 851. The van der Waals surface area contributed by atoms with E-state index in [2.05, 4.69) is 22.6 Å². The number of carbonyl (C=O) groups excluding carboxylic acids is 2. The maximum atomic E-state index is 13.0. The first-order chi connectivity index (χ1) is 14.5. The van der Waals surface area contributed by atoms with Crippen LogP contribution in [-0.2, 0) is 4.74 Å². The van der Waals surface area contributed by atoms with Crippen LogP contribution in [0.4, 0.5) is 0 Å². The number of hydrogen-bond donors (Lipinski definition) is 0. The van der Waals surface area contributed by atoms with Crippen molar-refractivity contribution in [2.75, 3.05) is 31.4 Å². The molecule has 2 aromatic rings. The number of para-hydroxylation sites is 1. The summed E-state index contributed by atoms with van der Waals surface area (Å²) >= 11 is 2.18. The van der Waals surface area contributed by atoms with Crippen molar-refractivity contribution in [1.82, 2.24) is 0 Å². The Morgan fingerprint density at radius 1 is 1.10 bits per heavy atom. The van der Waals surface area contributed by atoms with E-state index in [9.17, 15) is 9.59 Å². The van der Waals surface area contributed by atoms with Crippen LogP contribution in [0.25, 0.3) is 0 Å². The van der Waals surface area contributed by atoms with Gasteiger partial charge in [-0.3, -0.25) is 4.79 Å². The second-order valence-corrected chi connectivity index (χ2v) is 7.60. The molecule has 30 heavy (non-hydrogen) atoms. The predicted octanol–water partition coefficient (Wildman–Crippen LogP) is 5.04. The molecule has 0 fully saturated rings. The Kier molecular flexibility index (Phi) is 10.1. The second kappa shape index (κ2) is 12.5. The summed E-state index contributed by atoms with van der Waals surface area (Å²) in [6, 6.07) is 10.4. The Morgan fingerprint density at radius 2 is 1.83 bits per heavy atom. The number of hydrogen-bond acceptors (Lipinski definition) is 6. The van der Waals surface area contributed by atoms with Crippen molar-refractivity contribution in [3.05, 3.63) is 53.1 Å². The van der Waals surface area contributed by atoms with Crippen molar-refractivity contribution in [3.8, 4) is 17.2 Å². The first-order valence-electron chi connectivity index (χ1n) is 9.81. The van der Waals surface area contributed by atoms with Gasteiger partial charge in [-0.15, -0.1) is 0 Å². The maximum absolute atomic E-state index is 13.0. The third-order valence-corrected chi connectivity index (χ3v) is 4.79. The molecule has 0 radical (unpaired) electrons. The van der Waals surface area contributed by atoms with Gasteiger partial charge in [-0.2, -0.15) is 0 Å². The highest BCUT2D eigenvalue weighted by atomic mass is 127. The molecule has 0 spiro atoms. The molecule has 0 heterocycles. The van der Waals surface area contributed by atoms with Gasteiger partial charge >= 0.3 is 5.97 Å². The number of benzene rings is 2. The van der Waals surface area contributed by atoms with Crippen molar-refractivity contribution in [1.29, 1.82) is 0 Å². The Labute approximate surface area is 191 Å². The van der Waals surface area contributed by atoms with Gasteiger partial charge in [0.25, 0.3) is 0 Å². The van der Waals surface area contributed by atoms with Crippen LogP contribution in [-0.4, -0.2) is 43.1 Å². The highest BCUT2D eigenvalue weighted by Crippen LogP contribution is 2.35. The van der Waals surface area contributed by atoms with Crippen LogP contribution in [0, 0.1) is 6.92 Å². The zero-order chi connectivity index (χ0) is 21.9. The minimum absolute atomic E-state index is 0.0684. The molecule has 0 saturated heterocycles. The Morgan fingerprint density at radius 3 is 2.47 bits per heavy atom. The van der Waals surface area contributed by atoms with E-state index in [4.69, 9.17) is 18.9 Å². The second-order valence-electron chi connectivity index (χ2n) is 6.52. The summed E-state index contributed by atoms with van der Waals surface area (Å²) in [7, 11) is 1.47. The molecule has 0 saturated carbocycles. The van der Waals surface area contributed by atoms with Crippen LogP contribution in [0.2, 0.25) is 0 Å². The zero-order valence-corrected chi connectivity index (χ0v) is 19.7. The predicted molar refractivity (Wildman–Crippen MR) is 124 cm³/mol. The summed E-state index contributed by atoms with van der Waals surface area (Å²) in [4.78, 5) is 25.7. The molecule has 0 aliphatic heterocycles. The number of ketones is 1. The van der Waals surface area contributed by atoms with Gasteiger partial charge in [0.05, 0.1) is 25.9 Å². The summed E-state index contributed by atoms with van der Waals surface area (Å²) in [5.41, 5.74) is 1.06. The average Bonchev–Trinajstić information content (AvgIpc) is 2.74. The molecule has 0 aliphatic carbocycles. The monoisotopic (exact) mass is 526 g/mol. The fourth-order valence-electron chi connectivity index (χ4n) is 2.88. The highest BCUT2D eigenvalue weighted by Gasteiger charge is 2.26. The van der Waals surface area contributed by atoms with Gasteiger partial charge in [0.1, 0.15) is 29.4 Å². The number of alkyl halides is 1. The SMILES string of the molecule is CCCCOc1cc(C(=O)COCCI)c(OC)c(C)c1C(=O)Oc1ccccc1. The minimum atomic E-state index is -0.566. The summed E-state index contributed by atoms with van der Waals surface area (Å²) in [6.07, 6.45) is 1.76. The van der Waals surface area contributed by atoms with Crippen molar-refractivity contribution in [3.63, 3.8) is 0 Å². The lowest BCUT2D eigenvalue weighted by Gasteiger charge is -2.18. The molecule has 2 rings (SSSR count). The number of esters is 1. The lowest BCUT2D eigenvalue weighted by Crippen LogP contribution is -2.17. The zero-order valence-electron chi connectivity index (χ0n) is 17.5. The highest BCUT2D eigenvalue weighted by molar-refractivity contribution is 14.1. The van der Waals surface area contributed by atoms with E-state index in [0.29, 0.717) is 41.6 Å². The van der Waals surface area contributed by atoms with Gasteiger partial charge < -0.3 is 18.9 Å². The minimum Gasteiger partial charge on any atom is -0.496 e. The molecule has 7 heteroatoms. The number of halogens is 1. The van der Waals surface area contributed by atoms with Gasteiger partial charge in [0, 0.05) is 9.99 Å². The quantitative estimate of drug-likeness (QED) is 0.0965. The number of unbranched alkanes of at least 4 members (excludes halogenated alkanes) is 1. The lowest BCUT2D eigenvalue weighted by atomic mass is 9.99. The first-order valence-corrected chi connectivity index (χ1v) is 11.3. The molecule has 6 nitrogen and oxygen atoms in total.